The SMILES string of the molecule is Clc1ccccc1CN1CCO[C@@H](CSc2nnc(-c3ccc4c(c3)OCO4)o2)C1. The number of halogens is 1. The van der Waals surface area contributed by atoms with Crippen molar-refractivity contribution in [2.45, 2.75) is 17.9 Å². The van der Waals surface area contributed by atoms with E-state index in [-0.39, 0.29) is 12.9 Å². The highest BCUT2D eigenvalue weighted by Gasteiger charge is 2.23. The minimum Gasteiger partial charge on any atom is -0.454 e. The Morgan fingerprint density at radius 2 is 2.00 bits per heavy atom. The third kappa shape index (κ3) is 4.41. The first-order chi connectivity index (χ1) is 14.7. The first-order valence-corrected chi connectivity index (χ1v) is 11.0. The number of ether oxygens (including phenoxy) is 3. The largest absolute Gasteiger partial charge is 0.454 e. The summed E-state index contributed by atoms with van der Waals surface area (Å²) in [7, 11) is 0. The maximum Gasteiger partial charge on any atom is 0.276 e. The zero-order valence-electron chi connectivity index (χ0n) is 16.1. The molecule has 3 aromatic rings. The van der Waals surface area contributed by atoms with Crippen LogP contribution in [0.2, 0.25) is 5.02 Å². The van der Waals surface area contributed by atoms with Crippen LogP contribution in [0.15, 0.2) is 52.1 Å². The molecule has 2 aromatic carbocycles. The van der Waals surface area contributed by atoms with Crippen LogP contribution in [0, 0.1) is 0 Å². The quantitative estimate of drug-likeness (QED) is 0.525. The van der Waals surface area contributed by atoms with Gasteiger partial charge < -0.3 is 18.6 Å². The van der Waals surface area contributed by atoms with E-state index < -0.39 is 0 Å². The van der Waals surface area contributed by atoms with Gasteiger partial charge in [-0.1, -0.05) is 41.6 Å². The monoisotopic (exact) mass is 445 g/mol. The van der Waals surface area contributed by atoms with E-state index >= 15 is 0 Å². The molecule has 30 heavy (non-hydrogen) atoms. The van der Waals surface area contributed by atoms with E-state index in [2.05, 4.69) is 21.2 Å². The lowest BCUT2D eigenvalue weighted by atomic mass is 10.2. The second-order valence-electron chi connectivity index (χ2n) is 7.07. The van der Waals surface area contributed by atoms with Crippen molar-refractivity contribution < 1.29 is 18.6 Å². The zero-order chi connectivity index (χ0) is 20.3. The third-order valence-corrected chi connectivity index (χ3v) is 6.31. The molecule has 156 valence electrons. The van der Waals surface area contributed by atoms with Gasteiger partial charge in [0.15, 0.2) is 11.5 Å². The Morgan fingerprint density at radius 1 is 1.10 bits per heavy atom. The van der Waals surface area contributed by atoms with E-state index in [1.54, 1.807) is 0 Å². The van der Waals surface area contributed by atoms with Gasteiger partial charge in [-0.15, -0.1) is 10.2 Å². The van der Waals surface area contributed by atoms with Gasteiger partial charge in [-0.2, -0.15) is 0 Å². The van der Waals surface area contributed by atoms with Crippen LogP contribution < -0.4 is 9.47 Å². The Morgan fingerprint density at radius 3 is 2.93 bits per heavy atom. The molecule has 1 aromatic heterocycles. The van der Waals surface area contributed by atoms with Crippen molar-refractivity contribution in [3.8, 4) is 23.0 Å². The molecule has 0 amide bonds. The predicted octanol–water partition coefficient (Wildman–Crippen LogP) is 4.11. The molecule has 9 heteroatoms. The summed E-state index contributed by atoms with van der Waals surface area (Å²) < 4.78 is 22.5. The fraction of sp³-hybridized carbons (Fsp3) is 0.333. The molecule has 0 aliphatic carbocycles. The van der Waals surface area contributed by atoms with Crippen LogP contribution in [0.5, 0.6) is 11.5 Å². The fourth-order valence-corrected chi connectivity index (χ4v) is 4.43. The van der Waals surface area contributed by atoms with Crippen molar-refractivity contribution >= 4 is 23.4 Å². The molecule has 0 saturated carbocycles. The van der Waals surface area contributed by atoms with Gasteiger partial charge in [0.05, 0.1) is 12.7 Å². The van der Waals surface area contributed by atoms with Crippen LogP contribution in [-0.4, -0.2) is 53.4 Å². The Bertz CT molecular complexity index is 1030. The topological polar surface area (TPSA) is 69.9 Å². The maximum absolute atomic E-state index is 6.30. The first kappa shape index (κ1) is 19.7. The van der Waals surface area contributed by atoms with Crippen molar-refractivity contribution in [2.75, 3.05) is 32.2 Å². The maximum atomic E-state index is 6.30. The summed E-state index contributed by atoms with van der Waals surface area (Å²) in [5.74, 6) is 2.61. The second-order valence-corrected chi connectivity index (χ2v) is 8.45. The summed E-state index contributed by atoms with van der Waals surface area (Å²) >= 11 is 7.81. The van der Waals surface area contributed by atoms with Crippen LogP contribution in [0.1, 0.15) is 5.56 Å². The molecule has 1 fully saturated rings. The Kier molecular flexibility index (Phi) is 5.81. The first-order valence-electron chi connectivity index (χ1n) is 9.68. The molecule has 0 unspecified atom stereocenters. The highest BCUT2D eigenvalue weighted by atomic mass is 35.5. The van der Waals surface area contributed by atoms with E-state index in [9.17, 15) is 0 Å². The zero-order valence-corrected chi connectivity index (χ0v) is 17.7. The smallest absolute Gasteiger partial charge is 0.276 e. The molecule has 1 atom stereocenters. The van der Waals surface area contributed by atoms with Crippen LogP contribution in [-0.2, 0) is 11.3 Å². The molecular weight excluding hydrogens is 426 g/mol. The van der Waals surface area contributed by atoms with Gasteiger partial charge in [-0.3, -0.25) is 4.90 Å². The summed E-state index contributed by atoms with van der Waals surface area (Å²) in [6, 6.07) is 13.5. The van der Waals surface area contributed by atoms with E-state index in [0.29, 0.717) is 23.5 Å². The van der Waals surface area contributed by atoms with E-state index in [1.165, 1.54) is 11.8 Å². The number of hydrogen-bond donors (Lipinski definition) is 0. The number of benzene rings is 2. The number of fused-ring (bicyclic) bond motifs is 1. The van der Waals surface area contributed by atoms with E-state index in [1.807, 2.05) is 36.4 Å². The van der Waals surface area contributed by atoms with Crippen LogP contribution in [0.3, 0.4) is 0 Å². The molecular formula is C21H20ClN3O4S. The normalized spacial score (nSPS) is 18.6. The minimum absolute atomic E-state index is 0.0899. The van der Waals surface area contributed by atoms with Gasteiger partial charge in [0, 0.05) is 36.0 Å². The Balaban J connectivity index is 1.17. The Labute approximate surface area is 183 Å². The summed E-state index contributed by atoms with van der Waals surface area (Å²) in [5, 5.41) is 9.64. The molecule has 0 radical (unpaired) electrons. The molecule has 2 aliphatic heterocycles. The highest BCUT2D eigenvalue weighted by Crippen LogP contribution is 2.36. The van der Waals surface area contributed by atoms with Gasteiger partial charge in [0.1, 0.15) is 0 Å². The molecule has 2 aliphatic rings. The highest BCUT2D eigenvalue weighted by molar-refractivity contribution is 7.99. The number of aromatic nitrogens is 2. The number of nitrogens with zero attached hydrogens (tertiary/aromatic N) is 3. The number of hydrogen-bond acceptors (Lipinski definition) is 8. The van der Waals surface area contributed by atoms with E-state index in [0.717, 1.165) is 47.3 Å². The average Bonchev–Trinajstić information content (AvgIpc) is 3.43. The van der Waals surface area contributed by atoms with Gasteiger partial charge in [-0.05, 0) is 29.8 Å². The van der Waals surface area contributed by atoms with Crippen LogP contribution in [0.4, 0.5) is 0 Å². The van der Waals surface area contributed by atoms with Crippen molar-refractivity contribution in [3.05, 3.63) is 53.1 Å². The lowest BCUT2D eigenvalue weighted by Gasteiger charge is -2.32. The molecule has 5 rings (SSSR count). The third-order valence-electron chi connectivity index (χ3n) is 4.99. The van der Waals surface area contributed by atoms with Gasteiger partial charge in [0.2, 0.25) is 12.7 Å². The van der Waals surface area contributed by atoms with Crippen LogP contribution >= 0.6 is 23.4 Å². The van der Waals surface area contributed by atoms with Crippen molar-refractivity contribution in [2.24, 2.45) is 0 Å². The second kappa shape index (κ2) is 8.85. The summed E-state index contributed by atoms with van der Waals surface area (Å²) in [5.41, 5.74) is 1.94. The van der Waals surface area contributed by atoms with Crippen LogP contribution in [0.25, 0.3) is 11.5 Å². The van der Waals surface area contributed by atoms with Gasteiger partial charge in [-0.25, -0.2) is 0 Å². The molecule has 3 heterocycles. The summed E-state index contributed by atoms with van der Waals surface area (Å²) in [4.78, 5) is 2.36. The fourth-order valence-electron chi connectivity index (χ4n) is 3.47. The van der Waals surface area contributed by atoms with E-state index in [4.69, 9.17) is 30.2 Å². The van der Waals surface area contributed by atoms with Gasteiger partial charge in [0.25, 0.3) is 5.22 Å². The number of rotatable bonds is 6. The van der Waals surface area contributed by atoms with Crippen molar-refractivity contribution in [1.82, 2.24) is 15.1 Å². The predicted molar refractivity (Wildman–Crippen MR) is 113 cm³/mol. The standard InChI is InChI=1S/C21H20ClN3O4S/c22-17-4-2-1-3-15(17)10-25-7-8-26-16(11-25)12-30-21-24-23-20(29-21)14-5-6-18-19(9-14)28-13-27-18/h1-6,9,16H,7-8,10-13H2/t16-/m1/s1. The van der Waals surface area contributed by atoms with Crippen molar-refractivity contribution in [1.29, 1.82) is 0 Å². The Hall–Kier alpha value is -2.26. The number of thioether (sulfide) groups is 1. The summed E-state index contributed by atoms with van der Waals surface area (Å²) in [6.07, 6.45) is 0.0899. The molecule has 0 bridgehead atoms. The molecule has 1 saturated heterocycles. The van der Waals surface area contributed by atoms with Gasteiger partial charge >= 0.3 is 0 Å². The molecule has 7 nitrogen and oxygen atoms in total. The lowest BCUT2D eigenvalue weighted by molar-refractivity contribution is -0.0187. The number of morpholine rings is 1. The summed E-state index contributed by atoms with van der Waals surface area (Å²) in [6.45, 7) is 3.47. The minimum atomic E-state index is 0.0899. The molecule has 0 N–H and O–H groups in total. The lowest BCUT2D eigenvalue weighted by Crippen LogP contribution is -2.43. The van der Waals surface area contributed by atoms with Crippen molar-refractivity contribution in [3.63, 3.8) is 0 Å². The molecule has 0 spiro atoms. The average molecular weight is 446 g/mol.